The molecule has 2 heterocycles. The molecule has 2 aromatic heterocycles. The fraction of sp³-hybridized carbons (Fsp3) is 0.0556. The molecule has 0 spiro atoms. The molecule has 0 bridgehead atoms. The Kier molecular flexibility index (Phi) is 4.06. The van der Waals surface area contributed by atoms with Crippen LogP contribution < -0.4 is 4.80 Å². The lowest BCUT2D eigenvalue weighted by Crippen LogP contribution is -2.17. The topological polar surface area (TPSA) is 47.2 Å². The minimum Gasteiger partial charge on any atom is -0.319 e. The standard InChI is InChI=1S/C18H13N3OS2/c22-17(16-11-23-12-19-16)20-18-21(8-9-24-18)10-14-6-3-5-13-4-1-2-7-15(13)14/h1-9,11-12H,10H2. The van der Waals surface area contributed by atoms with Gasteiger partial charge in [0.05, 0.1) is 12.1 Å². The number of rotatable bonds is 3. The molecule has 0 saturated heterocycles. The number of hydrogen-bond acceptors (Lipinski definition) is 4. The number of thiazole rings is 2. The van der Waals surface area contributed by atoms with Gasteiger partial charge >= 0.3 is 0 Å². The summed E-state index contributed by atoms with van der Waals surface area (Å²) >= 11 is 2.84. The first-order valence-electron chi connectivity index (χ1n) is 7.39. The number of nitrogens with zero attached hydrogens (tertiary/aromatic N) is 3. The van der Waals surface area contributed by atoms with Crippen LogP contribution in [0.1, 0.15) is 16.1 Å². The summed E-state index contributed by atoms with van der Waals surface area (Å²) in [7, 11) is 0. The molecule has 6 heteroatoms. The first kappa shape index (κ1) is 15.0. The van der Waals surface area contributed by atoms with Crippen LogP contribution in [0.2, 0.25) is 0 Å². The molecule has 0 N–H and O–H groups in total. The normalized spacial score (nSPS) is 11.9. The highest BCUT2D eigenvalue weighted by atomic mass is 32.1. The molecule has 1 amide bonds. The van der Waals surface area contributed by atoms with Crippen molar-refractivity contribution < 1.29 is 4.79 Å². The summed E-state index contributed by atoms with van der Waals surface area (Å²) in [6, 6.07) is 14.6. The second kappa shape index (κ2) is 6.51. The maximum atomic E-state index is 12.2. The first-order chi connectivity index (χ1) is 11.8. The van der Waals surface area contributed by atoms with Crippen LogP contribution in [0.15, 0.2) is 69.9 Å². The van der Waals surface area contributed by atoms with Crippen molar-refractivity contribution in [2.75, 3.05) is 0 Å². The highest BCUT2D eigenvalue weighted by Gasteiger charge is 2.08. The summed E-state index contributed by atoms with van der Waals surface area (Å²) in [4.78, 5) is 21.1. The van der Waals surface area contributed by atoms with Gasteiger partial charge in [-0.05, 0) is 16.3 Å². The lowest BCUT2D eigenvalue weighted by Gasteiger charge is -2.07. The van der Waals surface area contributed by atoms with Crippen molar-refractivity contribution in [3.63, 3.8) is 0 Å². The van der Waals surface area contributed by atoms with Crippen molar-refractivity contribution in [3.8, 4) is 0 Å². The molecular formula is C18H13N3OS2. The number of fused-ring (bicyclic) bond motifs is 1. The number of carbonyl (C=O) groups is 1. The molecule has 2 aromatic carbocycles. The van der Waals surface area contributed by atoms with Gasteiger partial charge in [-0.1, -0.05) is 42.5 Å². The van der Waals surface area contributed by atoms with Gasteiger partial charge in [0.2, 0.25) is 0 Å². The van der Waals surface area contributed by atoms with E-state index in [2.05, 4.69) is 40.3 Å². The van der Waals surface area contributed by atoms with E-state index in [0.29, 0.717) is 17.0 Å². The maximum Gasteiger partial charge on any atom is 0.299 e. The van der Waals surface area contributed by atoms with Gasteiger partial charge in [0.1, 0.15) is 5.69 Å². The van der Waals surface area contributed by atoms with E-state index in [1.54, 1.807) is 10.9 Å². The van der Waals surface area contributed by atoms with Crippen LogP contribution in [0.5, 0.6) is 0 Å². The molecule has 0 atom stereocenters. The Morgan fingerprint density at radius 3 is 2.92 bits per heavy atom. The number of amides is 1. The van der Waals surface area contributed by atoms with E-state index in [4.69, 9.17) is 0 Å². The molecule has 118 valence electrons. The number of aromatic nitrogens is 2. The van der Waals surface area contributed by atoms with E-state index in [1.165, 1.54) is 39.0 Å². The zero-order chi connectivity index (χ0) is 16.4. The summed E-state index contributed by atoms with van der Waals surface area (Å²) < 4.78 is 2.00. The minimum atomic E-state index is -0.301. The van der Waals surface area contributed by atoms with Gasteiger partial charge in [-0.2, -0.15) is 4.99 Å². The maximum absolute atomic E-state index is 12.2. The van der Waals surface area contributed by atoms with Crippen molar-refractivity contribution in [2.45, 2.75) is 6.54 Å². The second-order valence-electron chi connectivity index (χ2n) is 5.24. The Morgan fingerprint density at radius 1 is 1.17 bits per heavy atom. The molecule has 0 fully saturated rings. The van der Waals surface area contributed by atoms with Crippen molar-refractivity contribution in [1.29, 1.82) is 0 Å². The molecule has 0 unspecified atom stereocenters. The molecule has 0 radical (unpaired) electrons. The van der Waals surface area contributed by atoms with Gasteiger partial charge in [-0.25, -0.2) is 4.98 Å². The van der Waals surface area contributed by atoms with Crippen LogP contribution in [0, 0.1) is 0 Å². The van der Waals surface area contributed by atoms with Gasteiger partial charge in [0, 0.05) is 17.0 Å². The Labute approximate surface area is 146 Å². The van der Waals surface area contributed by atoms with E-state index in [-0.39, 0.29) is 5.91 Å². The third-order valence-electron chi connectivity index (χ3n) is 3.73. The molecule has 0 aliphatic carbocycles. The predicted octanol–water partition coefficient (Wildman–Crippen LogP) is 3.95. The zero-order valence-electron chi connectivity index (χ0n) is 12.6. The summed E-state index contributed by atoms with van der Waals surface area (Å²) in [5.74, 6) is -0.301. The molecule has 0 aliphatic heterocycles. The van der Waals surface area contributed by atoms with Crippen molar-refractivity contribution >= 4 is 39.4 Å². The Bertz CT molecular complexity index is 1060. The minimum absolute atomic E-state index is 0.301. The Hall–Kier alpha value is -2.57. The zero-order valence-corrected chi connectivity index (χ0v) is 14.3. The fourth-order valence-corrected chi connectivity index (χ4v) is 3.84. The third kappa shape index (κ3) is 2.93. The third-order valence-corrected chi connectivity index (χ3v) is 5.11. The summed E-state index contributed by atoms with van der Waals surface area (Å²) in [5.41, 5.74) is 3.24. The van der Waals surface area contributed by atoms with Gasteiger partial charge in [0.15, 0.2) is 4.80 Å². The smallest absolute Gasteiger partial charge is 0.299 e. The summed E-state index contributed by atoms with van der Waals surface area (Å²) in [5, 5.41) is 6.09. The van der Waals surface area contributed by atoms with E-state index < -0.39 is 0 Å². The quantitative estimate of drug-likeness (QED) is 0.561. The van der Waals surface area contributed by atoms with Gasteiger partial charge in [0.25, 0.3) is 5.91 Å². The summed E-state index contributed by atoms with van der Waals surface area (Å²) in [6.07, 6.45) is 1.96. The van der Waals surface area contributed by atoms with Crippen molar-refractivity contribution in [1.82, 2.24) is 9.55 Å². The van der Waals surface area contributed by atoms with E-state index in [1.807, 2.05) is 28.3 Å². The Balaban J connectivity index is 1.71. The van der Waals surface area contributed by atoms with Gasteiger partial charge in [-0.3, -0.25) is 4.79 Å². The second-order valence-corrected chi connectivity index (χ2v) is 6.83. The molecule has 4 aromatic rings. The van der Waals surface area contributed by atoms with Crippen LogP contribution >= 0.6 is 22.7 Å². The largest absolute Gasteiger partial charge is 0.319 e. The molecule has 4 nitrogen and oxygen atoms in total. The van der Waals surface area contributed by atoms with Crippen LogP contribution in [-0.2, 0) is 6.54 Å². The fourth-order valence-electron chi connectivity index (χ4n) is 2.58. The average molecular weight is 351 g/mol. The van der Waals surface area contributed by atoms with E-state index in [0.717, 1.165) is 0 Å². The highest BCUT2D eigenvalue weighted by molar-refractivity contribution is 7.07. The molecule has 0 saturated carbocycles. The van der Waals surface area contributed by atoms with Gasteiger partial charge < -0.3 is 4.57 Å². The van der Waals surface area contributed by atoms with Crippen molar-refractivity contribution in [3.05, 3.63) is 81.0 Å². The van der Waals surface area contributed by atoms with Crippen LogP contribution in [0.4, 0.5) is 0 Å². The van der Waals surface area contributed by atoms with Crippen LogP contribution in [-0.4, -0.2) is 15.5 Å². The lowest BCUT2D eigenvalue weighted by atomic mass is 10.0. The van der Waals surface area contributed by atoms with E-state index in [9.17, 15) is 4.79 Å². The molecule has 0 aliphatic rings. The lowest BCUT2D eigenvalue weighted by molar-refractivity contribution is 0.0993. The molecule has 24 heavy (non-hydrogen) atoms. The number of hydrogen-bond donors (Lipinski definition) is 0. The van der Waals surface area contributed by atoms with E-state index >= 15 is 0 Å². The van der Waals surface area contributed by atoms with Crippen LogP contribution in [0.25, 0.3) is 10.8 Å². The van der Waals surface area contributed by atoms with Crippen molar-refractivity contribution in [2.24, 2.45) is 4.99 Å². The van der Waals surface area contributed by atoms with Gasteiger partial charge in [-0.15, -0.1) is 22.7 Å². The number of benzene rings is 2. The average Bonchev–Trinajstić information content (AvgIpc) is 3.28. The highest BCUT2D eigenvalue weighted by Crippen LogP contribution is 2.19. The SMILES string of the molecule is O=C(N=c1sccn1Cc1cccc2ccccc12)c1cscn1. The first-order valence-corrected chi connectivity index (χ1v) is 9.21. The Morgan fingerprint density at radius 2 is 2.04 bits per heavy atom. The monoisotopic (exact) mass is 351 g/mol. The predicted molar refractivity (Wildman–Crippen MR) is 97.4 cm³/mol. The molecular weight excluding hydrogens is 338 g/mol. The van der Waals surface area contributed by atoms with Crippen LogP contribution in [0.3, 0.4) is 0 Å². The number of carbonyl (C=O) groups excluding carboxylic acids is 1. The molecule has 4 rings (SSSR count). The summed E-state index contributed by atoms with van der Waals surface area (Å²) in [6.45, 7) is 0.675.